The van der Waals surface area contributed by atoms with Crippen molar-refractivity contribution in [2.45, 2.75) is 26.3 Å². The van der Waals surface area contributed by atoms with Crippen LogP contribution < -0.4 is 5.32 Å². The van der Waals surface area contributed by atoms with E-state index in [0.717, 1.165) is 38.3 Å². The van der Waals surface area contributed by atoms with Crippen molar-refractivity contribution in [1.29, 1.82) is 0 Å². The predicted molar refractivity (Wildman–Crippen MR) is 78.0 cm³/mol. The van der Waals surface area contributed by atoms with Gasteiger partial charge in [-0.05, 0) is 56.1 Å². The van der Waals surface area contributed by atoms with Gasteiger partial charge in [-0.15, -0.1) is 0 Å². The second-order valence-electron chi connectivity index (χ2n) is 5.28. The number of nitrogens with one attached hydrogen (secondary N) is 1. The minimum absolute atomic E-state index is 0.270. The summed E-state index contributed by atoms with van der Waals surface area (Å²) < 4.78 is 13.0. The van der Waals surface area contributed by atoms with Crippen LogP contribution in [-0.2, 0) is 6.54 Å². The number of hydrogen-bond acceptors (Lipinski definition) is 2. The molecular weight excluding hydrogens is 263 g/mol. The number of benzene rings is 1. The molecule has 0 aliphatic carbocycles. The maximum Gasteiger partial charge on any atom is 0.124 e. The van der Waals surface area contributed by atoms with Gasteiger partial charge >= 0.3 is 0 Å². The highest BCUT2D eigenvalue weighted by Crippen LogP contribution is 2.20. The standard InChI is InChI=1S/C15H22ClFN2/c1-2-19(10-12-4-3-7-18-9-12)11-13-5-6-14(17)8-15(13)16/h5-6,8,12,18H,2-4,7,9-11H2,1H3. The van der Waals surface area contributed by atoms with Crippen molar-refractivity contribution in [1.82, 2.24) is 10.2 Å². The Kier molecular flexibility index (Phi) is 5.61. The third-order valence-electron chi connectivity index (χ3n) is 3.77. The molecule has 2 rings (SSSR count). The molecule has 0 bridgehead atoms. The molecule has 0 aromatic heterocycles. The minimum Gasteiger partial charge on any atom is -0.316 e. The molecule has 1 N–H and O–H groups in total. The lowest BCUT2D eigenvalue weighted by molar-refractivity contribution is 0.209. The van der Waals surface area contributed by atoms with Crippen LogP contribution in [0.15, 0.2) is 18.2 Å². The van der Waals surface area contributed by atoms with Crippen molar-refractivity contribution in [2.75, 3.05) is 26.2 Å². The normalized spacial score (nSPS) is 19.9. The zero-order chi connectivity index (χ0) is 13.7. The van der Waals surface area contributed by atoms with E-state index in [-0.39, 0.29) is 5.82 Å². The summed E-state index contributed by atoms with van der Waals surface area (Å²) in [5.74, 6) is 0.446. The second kappa shape index (κ2) is 7.22. The van der Waals surface area contributed by atoms with E-state index in [4.69, 9.17) is 11.6 Å². The summed E-state index contributed by atoms with van der Waals surface area (Å²) in [6, 6.07) is 4.67. The molecule has 0 spiro atoms. The molecular formula is C15H22ClFN2. The number of nitrogens with zero attached hydrogens (tertiary/aromatic N) is 1. The first kappa shape index (κ1) is 14.8. The smallest absolute Gasteiger partial charge is 0.124 e. The molecule has 1 aliphatic heterocycles. The van der Waals surface area contributed by atoms with E-state index in [1.807, 2.05) is 0 Å². The van der Waals surface area contributed by atoms with Crippen LogP contribution in [0.4, 0.5) is 4.39 Å². The molecule has 1 aromatic rings. The van der Waals surface area contributed by atoms with Gasteiger partial charge in [0.2, 0.25) is 0 Å². The van der Waals surface area contributed by atoms with Crippen LogP contribution in [0.3, 0.4) is 0 Å². The monoisotopic (exact) mass is 284 g/mol. The number of halogens is 2. The fourth-order valence-corrected chi connectivity index (χ4v) is 2.87. The molecule has 0 saturated carbocycles. The lowest BCUT2D eigenvalue weighted by Crippen LogP contribution is -2.38. The first-order chi connectivity index (χ1) is 9.19. The maximum atomic E-state index is 13.0. The Morgan fingerprint density at radius 3 is 2.95 bits per heavy atom. The van der Waals surface area contributed by atoms with Crippen molar-refractivity contribution in [3.63, 3.8) is 0 Å². The first-order valence-electron chi connectivity index (χ1n) is 7.06. The maximum absolute atomic E-state index is 13.0. The summed E-state index contributed by atoms with van der Waals surface area (Å²) in [6.45, 7) is 7.28. The van der Waals surface area contributed by atoms with Gasteiger partial charge in [-0.2, -0.15) is 0 Å². The highest BCUT2D eigenvalue weighted by Gasteiger charge is 2.17. The van der Waals surface area contributed by atoms with Crippen LogP contribution in [0.1, 0.15) is 25.3 Å². The van der Waals surface area contributed by atoms with E-state index in [1.165, 1.54) is 25.0 Å². The molecule has 2 nitrogen and oxygen atoms in total. The molecule has 1 unspecified atom stereocenters. The average Bonchev–Trinajstić information content (AvgIpc) is 2.42. The molecule has 19 heavy (non-hydrogen) atoms. The van der Waals surface area contributed by atoms with E-state index in [2.05, 4.69) is 17.1 Å². The summed E-state index contributed by atoms with van der Waals surface area (Å²) in [5.41, 5.74) is 1.01. The van der Waals surface area contributed by atoms with Gasteiger partial charge in [0, 0.05) is 18.1 Å². The lowest BCUT2D eigenvalue weighted by Gasteiger charge is -2.29. The molecule has 1 heterocycles. The van der Waals surface area contributed by atoms with Gasteiger partial charge in [-0.1, -0.05) is 24.6 Å². The van der Waals surface area contributed by atoms with Gasteiger partial charge in [0.25, 0.3) is 0 Å². The van der Waals surface area contributed by atoms with Crippen LogP contribution in [-0.4, -0.2) is 31.1 Å². The van der Waals surface area contributed by atoms with E-state index in [1.54, 1.807) is 6.07 Å². The molecule has 1 aromatic carbocycles. The average molecular weight is 285 g/mol. The zero-order valence-electron chi connectivity index (χ0n) is 11.5. The summed E-state index contributed by atoms with van der Waals surface area (Å²) in [4.78, 5) is 2.39. The van der Waals surface area contributed by atoms with E-state index in [9.17, 15) is 4.39 Å². The van der Waals surface area contributed by atoms with Gasteiger partial charge in [0.1, 0.15) is 5.82 Å². The topological polar surface area (TPSA) is 15.3 Å². The van der Waals surface area contributed by atoms with Gasteiger partial charge < -0.3 is 5.32 Å². The first-order valence-corrected chi connectivity index (χ1v) is 7.44. The Bertz CT molecular complexity index is 405. The molecule has 106 valence electrons. The largest absolute Gasteiger partial charge is 0.316 e. The van der Waals surface area contributed by atoms with Gasteiger partial charge in [0.05, 0.1) is 0 Å². The zero-order valence-corrected chi connectivity index (χ0v) is 12.2. The van der Waals surface area contributed by atoms with Crippen molar-refractivity contribution in [2.24, 2.45) is 5.92 Å². The van der Waals surface area contributed by atoms with Crippen LogP contribution in [0.25, 0.3) is 0 Å². The summed E-state index contributed by atoms with van der Waals surface area (Å²) in [7, 11) is 0. The minimum atomic E-state index is -0.270. The fraction of sp³-hybridized carbons (Fsp3) is 0.600. The van der Waals surface area contributed by atoms with Crippen molar-refractivity contribution in [3.05, 3.63) is 34.6 Å². The van der Waals surface area contributed by atoms with Crippen LogP contribution >= 0.6 is 11.6 Å². The Morgan fingerprint density at radius 2 is 2.32 bits per heavy atom. The number of piperidine rings is 1. The Morgan fingerprint density at radius 1 is 1.47 bits per heavy atom. The fourth-order valence-electron chi connectivity index (χ4n) is 2.64. The molecule has 0 radical (unpaired) electrons. The molecule has 4 heteroatoms. The Hall–Kier alpha value is -0.640. The van der Waals surface area contributed by atoms with Crippen molar-refractivity contribution in [3.8, 4) is 0 Å². The quantitative estimate of drug-likeness (QED) is 0.892. The highest BCUT2D eigenvalue weighted by atomic mass is 35.5. The second-order valence-corrected chi connectivity index (χ2v) is 5.68. The Balaban J connectivity index is 1.94. The van der Waals surface area contributed by atoms with Crippen LogP contribution in [0, 0.1) is 11.7 Å². The highest BCUT2D eigenvalue weighted by molar-refractivity contribution is 6.31. The van der Waals surface area contributed by atoms with Gasteiger partial charge in [-0.25, -0.2) is 4.39 Å². The molecule has 1 fully saturated rings. The third kappa shape index (κ3) is 4.44. The molecule has 1 atom stereocenters. The lowest BCUT2D eigenvalue weighted by atomic mass is 9.99. The third-order valence-corrected chi connectivity index (χ3v) is 4.12. The van der Waals surface area contributed by atoms with Crippen molar-refractivity contribution >= 4 is 11.6 Å². The molecule has 1 saturated heterocycles. The van der Waals surface area contributed by atoms with Gasteiger partial charge in [-0.3, -0.25) is 4.90 Å². The number of rotatable bonds is 5. The number of hydrogen-bond donors (Lipinski definition) is 1. The summed E-state index contributed by atoms with van der Waals surface area (Å²) in [6.07, 6.45) is 2.56. The van der Waals surface area contributed by atoms with E-state index in [0.29, 0.717) is 10.9 Å². The molecule has 0 amide bonds. The SMILES string of the molecule is CCN(Cc1ccc(F)cc1Cl)CC1CCCNC1. The van der Waals surface area contributed by atoms with E-state index < -0.39 is 0 Å². The van der Waals surface area contributed by atoms with Crippen molar-refractivity contribution < 1.29 is 4.39 Å². The van der Waals surface area contributed by atoms with Gasteiger partial charge in [0.15, 0.2) is 0 Å². The van der Waals surface area contributed by atoms with Crippen LogP contribution in [0.5, 0.6) is 0 Å². The predicted octanol–water partition coefficient (Wildman–Crippen LogP) is 3.30. The van der Waals surface area contributed by atoms with Crippen LogP contribution in [0.2, 0.25) is 5.02 Å². The molecule has 1 aliphatic rings. The summed E-state index contributed by atoms with van der Waals surface area (Å²) >= 11 is 6.09. The van der Waals surface area contributed by atoms with E-state index >= 15 is 0 Å². The Labute approximate surface area is 119 Å². The summed E-state index contributed by atoms with van der Waals surface area (Å²) in [5, 5.41) is 3.97.